The van der Waals surface area contributed by atoms with Crippen LogP contribution in [0.5, 0.6) is 0 Å². The molecule has 0 atom stereocenters. The smallest absolute Gasteiger partial charge is 0.164 e. The lowest BCUT2D eigenvalue weighted by Crippen LogP contribution is -2.00. The second-order valence-electron chi connectivity index (χ2n) is 9.54. The minimum absolute atomic E-state index is 0.365. The molecule has 0 bridgehead atoms. The maximum absolute atomic E-state index is 6.52. The van der Waals surface area contributed by atoms with Gasteiger partial charge in [0.25, 0.3) is 0 Å². The Morgan fingerprint density at radius 3 is 1.22 bits per heavy atom. The van der Waals surface area contributed by atoms with Crippen LogP contribution in [0.15, 0.2) is 133 Å². The van der Waals surface area contributed by atoms with Crippen molar-refractivity contribution in [2.75, 3.05) is 0 Å². The lowest BCUT2D eigenvalue weighted by atomic mass is 10.0. The van der Waals surface area contributed by atoms with Crippen molar-refractivity contribution in [2.45, 2.75) is 0 Å². The van der Waals surface area contributed by atoms with Crippen LogP contribution in [0.25, 0.3) is 67.6 Å². The van der Waals surface area contributed by atoms with Crippen molar-refractivity contribution < 1.29 is 0 Å². The van der Waals surface area contributed by atoms with E-state index in [0.29, 0.717) is 28.3 Å². The molecule has 2 aromatic heterocycles. The molecule has 6 heteroatoms. The number of rotatable bonds is 5. The molecule has 7 aromatic rings. The highest BCUT2D eigenvalue weighted by molar-refractivity contribution is 6.32. The second kappa shape index (κ2) is 10.7. The Hall–Kier alpha value is -5.26. The van der Waals surface area contributed by atoms with E-state index in [1.165, 1.54) is 0 Å². The molecule has 5 nitrogen and oxygen atoms in total. The molecule has 0 saturated heterocycles. The van der Waals surface area contributed by atoms with Gasteiger partial charge in [0, 0.05) is 22.3 Å². The van der Waals surface area contributed by atoms with Gasteiger partial charge >= 0.3 is 0 Å². The fraction of sp³-hybridized carbons (Fsp3) is 0. The average molecular weight is 548 g/mol. The summed E-state index contributed by atoms with van der Waals surface area (Å²) >= 11 is 6.52. The van der Waals surface area contributed by atoms with Crippen molar-refractivity contribution in [3.8, 4) is 56.5 Å². The molecular formula is C35H22ClN5. The van der Waals surface area contributed by atoms with Crippen LogP contribution in [0.1, 0.15) is 0 Å². The van der Waals surface area contributed by atoms with Crippen molar-refractivity contribution >= 4 is 22.6 Å². The van der Waals surface area contributed by atoms with E-state index in [2.05, 4.69) is 41.4 Å². The lowest BCUT2D eigenvalue weighted by Gasteiger charge is -2.10. The first-order valence-corrected chi connectivity index (χ1v) is 13.6. The van der Waals surface area contributed by atoms with Gasteiger partial charge in [-0.1, -0.05) is 133 Å². The van der Waals surface area contributed by atoms with Crippen LogP contribution in [-0.4, -0.2) is 24.9 Å². The summed E-state index contributed by atoms with van der Waals surface area (Å²) in [5.41, 5.74) is 8.07. The van der Waals surface area contributed by atoms with E-state index >= 15 is 0 Å². The Balaban J connectivity index is 1.28. The number of para-hydroxylation sites is 2. The van der Waals surface area contributed by atoms with Gasteiger partial charge in [-0.3, -0.25) is 0 Å². The predicted octanol–water partition coefficient (Wildman–Crippen LogP) is 8.80. The van der Waals surface area contributed by atoms with Gasteiger partial charge in [-0.05, 0) is 23.3 Å². The average Bonchev–Trinajstić information content (AvgIpc) is 3.05. The monoisotopic (exact) mass is 547 g/mol. The van der Waals surface area contributed by atoms with Gasteiger partial charge in [0.1, 0.15) is 5.69 Å². The molecule has 0 aliphatic carbocycles. The Morgan fingerprint density at radius 2 is 0.683 bits per heavy atom. The summed E-state index contributed by atoms with van der Waals surface area (Å²) in [6, 6.07) is 44.2. The number of fused-ring (bicyclic) bond motifs is 1. The van der Waals surface area contributed by atoms with Crippen molar-refractivity contribution in [1.82, 2.24) is 24.9 Å². The van der Waals surface area contributed by atoms with Crippen LogP contribution < -0.4 is 0 Å². The van der Waals surface area contributed by atoms with Crippen molar-refractivity contribution in [3.05, 3.63) is 139 Å². The Morgan fingerprint density at radius 1 is 0.317 bits per heavy atom. The number of benzene rings is 5. The zero-order chi connectivity index (χ0) is 27.6. The van der Waals surface area contributed by atoms with Crippen LogP contribution in [0.2, 0.25) is 5.15 Å². The molecule has 0 saturated carbocycles. The molecule has 0 N–H and O–H groups in total. The topological polar surface area (TPSA) is 64.5 Å². The highest BCUT2D eigenvalue weighted by Crippen LogP contribution is 2.30. The van der Waals surface area contributed by atoms with Gasteiger partial charge in [0.05, 0.1) is 11.0 Å². The van der Waals surface area contributed by atoms with E-state index in [1.54, 1.807) is 0 Å². The third kappa shape index (κ3) is 5.07. The van der Waals surface area contributed by atoms with Crippen LogP contribution in [0.4, 0.5) is 0 Å². The third-order valence-corrected chi connectivity index (χ3v) is 7.13. The van der Waals surface area contributed by atoms with Gasteiger partial charge in [0.2, 0.25) is 0 Å². The number of aromatic nitrogens is 5. The van der Waals surface area contributed by atoms with Crippen molar-refractivity contribution in [1.29, 1.82) is 0 Å². The first-order chi connectivity index (χ1) is 20.2. The molecule has 0 unspecified atom stereocenters. The van der Waals surface area contributed by atoms with Crippen LogP contribution >= 0.6 is 11.6 Å². The van der Waals surface area contributed by atoms with E-state index < -0.39 is 0 Å². The van der Waals surface area contributed by atoms with Crippen LogP contribution in [0.3, 0.4) is 0 Å². The SMILES string of the molecule is Clc1nc2ccccc2nc1-c1ccc(-c2nc(-c3ccccc3)nc(-c3ccc(-c4ccccc4)cc3)n2)cc1. The van der Waals surface area contributed by atoms with Gasteiger partial charge in [-0.2, -0.15) is 0 Å². The minimum atomic E-state index is 0.365. The summed E-state index contributed by atoms with van der Waals surface area (Å²) in [7, 11) is 0. The molecule has 194 valence electrons. The Kier molecular flexibility index (Phi) is 6.47. The van der Waals surface area contributed by atoms with Gasteiger partial charge in [-0.15, -0.1) is 0 Å². The maximum Gasteiger partial charge on any atom is 0.164 e. The Bertz CT molecular complexity index is 1980. The Labute approximate surface area is 242 Å². The molecule has 0 aliphatic heterocycles. The second-order valence-corrected chi connectivity index (χ2v) is 9.90. The summed E-state index contributed by atoms with van der Waals surface area (Å²) in [6.07, 6.45) is 0. The quantitative estimate of drug-likeness (QED) is 0.215. The summed E-state index contributed by atoms with van der Waals surface area (Å²) in [4.78, 5) is 23.9. The van der Waals surface area contributed by atoms with Gasteiger partial charge in [-0.25, -0.2) is 24.9 Å². The number of hydrogen-bond acceptors (Lipinski definition) is 5. The molecule has 2 heterocycles. The van der Waals surface area contributed by atoms with Gasteiger partial charge in [0.15, 0.2) is 22.6 Å². The number of hydrogen-bond donors (Lipinski definition) is 0. The summed E-state index contributed by atoms with van der Waals surface area (Å²) < 4.78 is 0. The van der Waals surface area contributed by atoms with Crippen LogP contribution in [0, 0.1) is 0 Å². The van der Waals surface area contributed by atoms with E-state index in [1.807, 2.05) is 97.1 Å². The maximum atomic E-state index is 6.52. The molecule has 41 heavy (non-hydrogen) atoms. The molecular weight excluding hydrogens is 526 g/mol. The van der Waals surface area contributed by atoms with E-state index in [9.17, 15) is 0 Å². The standard InChI is InChI=1S/C35H22ClN5/c36-32-31(37-29-13-7-8-14-30(29)38-32)25-17-21-28(22-18-25)35-40-33(26-11-5-2-6-12-26)39-34(41-35)27-19-15-24(16-20-27)23-9-3-1-4-10-23/h1-22H. The predicted molar refractivity (Wildman–Crippen MR) is 165 cm³/mol. The lowest BCUT2D eigenvalue weighted by molar-refractivity contribution is 1.07. The fourth-order valence-corrected chi connectivity index (χ4v) is 4.97. The minimum Gasteiger partial charge on any atom is -0.243 e. The van der Waals surface area contributed by atoms with Gasteiger partial charge < -0.3 is 0 Å². The number of nitrogens with zero attached hydrogens (tertiary/aromatic N) is 5. The summed E-state index contributed by atoms with van der Waals surface area (Å²) in [6.45, 7) is 0. The molecule has 0 amide bonds. The molecule has 0 aliphatic rings. The molecule has 5 aromatic carbocycles. The van der Waals surface area contributed by atoms with E-state index in [-0.39, 0.29) is 0 Å². The molecule has 7 rings (SSSR count). The first kappa shape index (κ1) is 24.8. The summed E-state index contributed by atoms with van der Waals surface area (Å²) in [5.74, 6) is 1.81. The zero-order valence-corrected chi connectivity index (χ0v) is 22.6. The first-order valence-electron chi connectivity index (χ1n) is 13.2. The van der Waals surface area contributed by atoms with E-state index in [0.717, 1.165) is 44.4 Å². The largest absolute Gasteiger partial charge is 0.243 e. The highest BCUT2D eigenvalue weighted by Gasteiger charge is 2.14. The number of halogens is 1. The third-order valence-electron chi connectivity index (χ3n) is 6.86. The molecule has 0 spiro atoms. The van der Waals surface area contributed by atoms with Crippen molar-refractivity contribution in [3.63, 3.8) is 0 Å². The molecule has 0 fully saturated rings. The van der Waals surface area contributed by atoms with E-state index in [4.69, 9.17) is 31.5 Å². The van der Waals surface area contributed by atoms with Crippen molar-refractivity contribution in [2.24, 2.45) is 0 Å². The zero-order valence-electron chi connectivity index (χ0n) is 21.8. The normalized spacial score (nSPS) is 11.0. The highest BCUT2D eigenvalue weighted by atomic mass is 35.5. The summed E-state index contributed by atoms with van der Waals surface area (Å²) in [5, 5.41) is 0.365. The fourth-order valence-electron chi connectivity index (χ4n) is 4.73. The molecule has 0 radical (unpaired) electrons. The van der Waals surface area contributed by atoms with Crippen LogP contribution in [-0.2, 0) is 0 Å².